The molecule has 0 bridgehead atoms. The van der Waals surface area contributed by atoms with Gasteiger partial charge in [0.05, 0.1) is 5.69 Å². The Hall–Kier alpha value is -2.20. The SMILES string of the molecule is Cl.O=C(NCCC1CCCNC1)c1nnn(-c2cccc(F)c2)c1C(F)(F)F. The number of hydrogen-bond donors (Lipinski definition) is 2. The zero-order valence-corrected chi connectivity index (χ0v) is 15.6. The van der Waals surface area contributed by atoms with Crippen LogP contribution in [0, 0.1) is 11.7 Å². The quantitative estimate of drug-likeness (QED) is 0.728. The van der Waals surface area contributed by atoms with E-state index in [1.165, 1.54) is 12.1 Å². The van der Waals surface area contributed by atoms with Crippen molar-refractivity contribution in [1.29, 1.82) is 0 Å². The van der Waals surface area contributed by atoms with Crippen LogP contribution in [0.5, 0.6) is 0 Å². The summed E-state index contributed by atoms with van der Waals surface area (Å²) in [6.45, 7) is 2.04. The van der Waals surface area contributed by atoms with Crippen LogP contribution in [0.3, 0.4) is 0 Å². The molecule has 3 rings (SSSR count). The number of carbonyl (C=O) groups excluding carboxylic acids is 1. The van der Waals surface area contributed by atoms with Gasteiger partial charge in [-0.1, -0.05) is 11.3 Å². The molecule has 1 aliphatic rings. The summed E-state index contributed by atoms with van der Waals surface area (Å²) in [5, 5.41) is 12.5. The van der Waals surface area contributed by atoms with Crippen molar-refractivity contribution in [2.75, 3.05) is 19.6 Å². The molecule has 0 spiro atoms. The third kappa shape index (κ3) is 5.20. The minimum Gasteiger partial charge on any atom is -0.351 e. The fourth-order valence-corrected chi connectivity index (χ4v) is 3.12. The first-order valence-electron chi connectivity index (χ1n) is 8.64. The molecule has 154 valence electrons. The van der Waals surface area contributed by atoms with E-state index in [9.17, 15) is 22.4 Å². The molecule has 1 aliphatic heterocycles. The van der Waals surface area contributed by atoms with Gasteiger partial charge in [0.25, 0.3) is 5.91 Å². The van der Waals surface area contributed by atoms with Gasteiger partial charge >= 0.3 is 6.18 Å². The molecular formula is C17H20ClF4N5O. The Morgan fingerprint density at radius 3 is 2.79 bits per heavy atom. The molecule has 0 saturated carbocycles. The molecule has 1 unspecified atom stereocenters. The Morgan fingerprint density at radius 1 is 1.36 bits per heavy atom. The van der Waals surface area contributed by atoms with Crippen LogP contribution in [0.25, 0.3) is 5.69 Å². The van der Waals surface area contributed by atoms with E-state index < -0.39 is 29.3 Å². The molecule has 11 heteroatoms. The van der Waals surface area contributed by atoms with Gasteiger partial charge in [0.2, 0.25) is 0 Å². The van der Waals surface area contributed by atoms with Crippen molar-refractivity contribution in [3.05, 3.63) is 41.5 Å². The summed E-state index contributed by atoms with van der Waals surface area (Å²) in [6, 6.07) is 4.50. The van der Waals surface area contributed by atoms with Gasteiger partial charge in [0.1, 0.15) is 5.82 Å². The smallest absolute Gasteiger partial charge is 0.351 e. The van der Waals surface area contributed by atoms with E-state index >= 15 is 0 Å². The molecule has 2 heterocycles. The van der Waals surface area contributed by atoms with Crippen LogP contribution in [0.2, 0.25) is 0 Å². The Kier molecular flexibility index (Phi) is 7.36. The third-order valence-electron chi connectivity index (χ3n) is 4.44. The second-order valence-corrected chi connectivity index (χ2v) is 6.43. The number of nitrogens with one attached hydrogen (secondary N) is 2. The monoisotopic (exact) mass is 421 g/mol. The maximum atomic E-state index is 13.5. The van der Waals surface area contributed by atoms with Gasteiger partial charge in [-0.15, -0.1) is 17.5 Å². The molecule has 2 N–H and O–H groups in total. The van der Waals surface area contributed by atoms with Crippen LogP contribution in [0.15, 0.2) is 24.3 Å². The molecule has 1 atom stereocenters. The van der Waals surface area contributed by atoms with E-state index in [0.29, 0.717) is 17.0 Å². The molecule has 6 nitrogen and oxygen atoms in total. The number of halogens is 5. The van der Waals surface area contributed by atoms with Crippen LogP contribution in [-0.4, -0.2) is 40.5 Å². The summed E-state index contributed by atoms with van der Waals surface area (Å²) in [4.78, 5) is 12.2. The van der Waals surface area contributed by atoms with Crippen molar-refractivity contribution >= 4 is 18.3 Å². The van der Waals surface area contributed by atoms with Gasteiger partial charge < -0.3 is 10.6 Å². The summed E-state index contributed by atoms with van der Waals surface area (Å²) >= 11 is 0. The van der Waals surface area contributed by atoms with Crippen LogP contribution in [0.1, 0.15) is 35.4 Å². The number of alkyl halides is 3. The molecule has 2 aromatic rings. The van der Waals surface area contributed by atoms with Crippen LogP contribution < -0.4 is 10.6 Å². The van der Waals surface area contributed by atoms with Crippen molar-refractivity contribution in [2.24, 2.45) is 5.92 Å². The lowest BCUT2D eigenvalue weighted by Gasteiger charge is -2.22. The van der Waals surface area contributed by atoms with Crippen molar-refractivity contribution in [3.8, 4) is 5.69 Å². The van der Waals surface area contributed by atoms with Gasteiger partial charge in [-0.25, -0.2) is 9.07 Å². The molecule has 0 radical (unpaired) electrons. The summed E-state index contributed by atoms with van der Waals surface area (Å²) in [5.74, 6) is -1.29. The van der Waals surface area contributed by atoms with E-state index in [0.717, 1.165) is 38.1 Å². The standard InChI is InChI=1S/C17H19F4N5O.ClH/c18-12-4-1-5-13(9-12)26-15(17(19,20)21)14(24-25-26)16(27)23-8-6-11-3-2-7-22-10-11;/h1,4-5,9,11,22H,2-3,6-8,10H2,(H,23,27);1H. The highest BCUT2D eigenvalue weighted by molar-refractivity contribution is 5.93. The normalized spacial score (nSPS) is 17.1. The predicted molar refractivity (Wildman–Crippen MR) is 96.1 cm³/mol. The van der Waals surface area contributed by atoms with Crippen molar-refractivity contribution in [1.82, 2.24) is 25.6 Å². The Balaban J connectivity index is 0.00000280. The van der Waals surface area contributed by atoms with Gasteiger partial charge in [-0.3, -0.25) is 4.79 Å². The molecule has 28 heavy (non-hydrogen) atoms. The van der Waals surface area contributed by atoms with Gasteiger partial charge in [-0.2, -0.15) is 13.2 Å². The summed E-state index contributed by atoms with van der Waals surface area (Å²) in [7, 11) is 0. The van der Waals surface area contributed by atoms with Crippen LogP contribution in [-0.2, 0) is 6.18 Å². The van der Waals surface area contributed by atoms with Gasteiger partial charge in [-0.05, 0) is 56.5 Å². The van der Waals surface area contributed by atoms with E-state index in [1.54, 1.807) is 0 Å². The number of aromatic nitrogens is 3. The lowest BCUT2D eigenvalue weighted by Crippen LogP contribution is -2.33. The zero-order chi connectivity index (χ0) is 19.4. The number of hydrogen-bond acceptors (Lipinski definition) is 4. The largest absolute Gasteiger partial charge is 0.435 e. The summed E-state index contributed by atoms with van der Waals surface area (Å²) < 4.78 is 54.4. The van der Waals surface area contributed by atoms with Crippen molar-refractivity contribution in [3.63, 3.8) is 0 Å². The molecule has 1 aromatic heterocycles. The highest BCUT2D eigenvalue weighted by atomic mass is 35.5. The van der Waals surface area contributed by atoms with E-state index in [4.69, 9.17) is 0 Å². The number of amides is 1. The number of carbonyl (C=O) groups is 1. The third-order valence-corrected chi connectivity index (χ3v) is 4.44. The number of benzene rings is 1. The van der Waals surface area contributed by atoms with Gasteiger partial charge in [0, 0.05) is 6.54 Å². The highest BCUT2D eigenvalue weighted by Crippen LogP contribution is 2.32. The topological polar surface area (TPSA) is 71.8 Å². The average molecular weight is 422 g/mol. The first kappa shape index (κ1) is 22.1. The molecule has 1 fully saturated rings. The first-order chi connectivity index (χ1) is 12.9. The lowest BCUT2D eigenvalue weighted by atomic mass is 9.96. The second kappa shape index (κ2) is 9.33. The molecular weight excluding hydrogens is 402 g/mol. The minimum atomic E-state index is -4.88. The maximum Gasteiger partial charge on any atom is 0.435 e. The fourth-order valence-electron chi connectivity index (χ4n) is 3.12. The fraction of sp³-hybridized carbons (Fsp3) is 0.471. The number of nitrogens with zero attached hydrogens (tertiary/aromatic N) is 3. The molecule has 1 aromatic carbocycles. The predicted octanol–water partition coefficient (Wildman–Crippen LogP) is 2.97. The number of rotatable bonds is 5. The minimum absolute atomic E-state index is 0. The molecule has 1 amide bonds. The highest BCUT2D eigenvalue weighted by Gasteiger charge is 2.42. The summed E-state index contributed by atoms with van der Waals surface area (Å²) in [6.07, 6.45) is -2.15. The zero-order valence-electron chi connectivity index (χ0n) is 14.8. The molecule has 1 saturated heterocycles. The van der Waals surface area contributed by atoms with Crippen LogP contribution >= 0.6 is 12.4 Å². The lowest BCUT2D eigenvalue weighted by molar-refractivity contribution is -0.143. The van der Waals surface area contributed by atoms with E-state index in [-0.39, 0.29) is 24.6 Å². The van der Waals surface area contributed by atoms with E-state index in [1.807, 2.05) is 0 Å². The van der Waals surface area contributed by atoms with E-state index in [2.05, 4.69) is 20.9 Å². The summed E-state index contributed by atoms with van der Waals surface area (Å²) in [5.41, 5.74) is -2.32. The molecule has 0 aliphatic carbocycles. The maximum absolute atomic E-state index is 13.5. The number of piperidine rings is 1. The van der Waals surface area contributed by atoms with Crippen molar-refractivity contribution < 1.29 is 22.4 Å². The van der Waals surface area contributed by atoms with Gasteiger partial charge in [0.15, 0.2) is 11.4 Å². The average Bonchev–Trinajstić information content (AvgIpc) is 3.08. The Labute approximate surface area is 165 Å². The Bertz CT molecular complexity index is 805. The second-order valence-electron chi connectivity index (χ2n) is 6.43. The Morgan fingerprint density at radius 2 is 2.14 bits per heavy atom. The van der Waals surface area contributed by atoms with Crippen molar-refractivity contribution in [2.45, 2.75) is 25.4 Å². The van der Waals surface area contributed by atoms with Crippen LogP contribution in [0.4, 0.5) is 17.6 Å². The first-order valence-corrected chi connectivity index (χ1v) is 8.64.